The number of benzene rings is 1. The monoisotopic (exact) mass is 275 g/mol. The predicted octanol–water partition coefficient (Wildman–Crippen LogP) is 1.01. The van der Waals surface area contributed by atoms with E-state index >= 15 is 0 Å². The van der Waals surface area contributed by atoms with Gasteiger partial charge in [-0.05, 0) is 44.3 Å². The third-order valence-corrected chi connectivity index (χ3v) is 3.98. The van der Waals surface area contributed by atoms with E-state index < -0.39 is 6.04 Å². The van der Waals surface area contributed by atoms with Crippen LogP contribution in [0.25, 0.3) is 0 Å². The average Bonchev–Trinajstić information content (AvgIpc) is 2.89. The molecule has 4 heteroatoms. The fourth-order valence-electron chi connectivity index (χ4n) is 2.67. The smallest absolute Gasteiger partial charge is 0.236 e. The van der Waals surface area contributed by atoms with E-state index in [4.69, 9.17) is 5.73 Å². The van der Waals surface area contributed by atoms with Crippen molar-refractivity contribution in [1.29, 1.82) is 0 Å². The lowest BCUT2D eigenvalue weighted by molar-refractivity contribution is -0.122. The van der Waals surface area contributed by atoms with Crippen LogP contribution in [0.2, 0.25) is 0 Å². The molecule has 1 heterocycles. The lowest BCUT2D eigenvalue weighted by Crippen LogP contribution is -2.42. The predicted molar refractivity (Wildman–Crippen MR) is 81.4 cm³/mol. The van der Waals surface area contributed by atoms with Gasteiger partial charge in [-0.1, -0.05) is 30.3 Å². The van der Waals surface area contributed by atoms with E-state index in [2.05, 4.69) is 29.4 Å². The molecular weight excluding hydrogens is 250 g/mol. The highest BCUT2D eigenvalue weighted by atomic mass is 16.2. The van der Waals surface area contributed by atoms with Crippen molar-refractivity contribution in [2.24, 2.45) is 11.7 Å². The number of carbonyl (C=O) groups is 1. The average molecular weight is 275 g/mol. The van der Waals surface area contributed by atoms with Crippen molar-refractivity contribution in [2.45, 2.75) is 25.3 Å². The molecule has 2 rings (SSSR count). The molecule has 1 fully saturated rings. The van der Waals surface area contributed by atoms with E-state index in [0.717, 1.165) is 32.5 Å². The first-order chi connectivity index (χ1) is 9.65. The molecule has 0 radical (unpaired) electrons. The number of rotatable bonds is 6. The van der Waals surface area contributed by atoms with Crippen LogP contribution in [0.1, 0.15) is 18.4 Å². The van der Waals surface area contributed by atoms with Crippen LogP contribution < -0.4 is 11.1 Å². The molecule has 1 aliphatic rings. The topological polar surface area (TPSA) is 58.4 Å². The van der Waals surface area contributed by atoms with Gasteiger partial charge in [-0.25, -0.2) is 0 Å². The number of hydrogen-bond acceptors (Lipinski definition) is 3. The van der Waals surface area contributed by atoms with Gasteiger partial charge in [-0.3, -0.25) is 4.79 Å². The molecule has 3 N–H and O–H groups in total. The Morgan fingerprint density at radius 1 is 1.45 bits per heavy atom. The molecule has 1 saturated heterocycles. The molecule has 1 aromatic rings. The molecule has 0 saturated carbocycles. The maximum absolute atomic E-state index is 12.0. The molecule has 0 aliphatic carbocycles. The number of hydrogen-bond donors (Lipinski definition) is 2. The summed E-state index contributed by atoms with van der Waals surface area (Å²) in [6, 6.07) is 9.75. The van der Waals surface area contributed by atoms with E-state index in [1.54, 1.807) is 0 Å². The molecule has 110 valence electrons. The van der Waals surface area contributed by atoms with Crippen molar-refractivity contribution >= 4 is 5.91 Å². The Labute approximate surface area is 121 Å². The van der Waals surface area contributed by atoms with Crippen LogP contribution in [-0.2, 0) is 11.2 Å². The first-order valence-electron chi connectivity index (χ1n) is 7.41. The Balaban J connectivity index is 1.67. The van der Waals surface area contributed by atoms with Gasteiger partial charge in [0, 0.05) is 13.1 Å². The molecule has 1 unspecified atom stereocenters. The highest BCUT2D eigenvalue weighted by Crippen LogP contribution is 2.13. The number of likely N-dealkylation sites (tertiary alicyclic amines) is 1. The summed E-state index contributed by atoms with van der Waals surface area (Å²) in [5.74, 6) is 0.556. The van der Waals surface area contributed by atoms with Crippen LogP contribution in [0.4, 0.5) is 0 Å². The van der Waals surface area contributed by atoms with Crippen LogP contribution >= 0.6 is 0 Å². The second kappa shape index (κ2) is 7.41. The second-order valence-electron chi connectivity index (χ2n) is 5.79. The Kier molecular flexibility index (Phi) is 5.56. The van der Waals surface area contributed by atoms with Crippen molar-refractivity contribution in [3.63, 3.8) is 0 Å². The SMILES string of the molecule is CN1CCC(CNC(=O)[C@@H](N)CCc2ccccc2)C1. The lowest BCUT2D eigenvalue weighted by atomic mass is 10.0. The first kappa shape index (κ1) is 15.0. The van der Waals surface area contributed by atoms with Gasteiger partial charge < -0.3 is 16.0 Å². The molecule has 4 nitrogen and oxygen atoms in total. The quantitative estimate of drug-likeness (QED) is 0.815. The minimum Gasteiger partial charge on any atom is -0.354 e. The van der Waals surface area contributed by atoms with Gasteiger partial charge >= 0.3 is 0 Å². The number of amides is 1. The van der Waals surface area contributed by atoms with Gasteiger partial charge in [0.05, 0.1) is 6.04 Å². The Morgan fingerprint density at radius 2 is 2.20 bits per heavy atom. The molecule has 2 atom stereocenters. The largest absolute Gasteiger partial charge is 0.354 e. The van der Waals surface area contributed by atoms with Crippen LogP contribution in [0.3, 0.4) is 0 Å². The third kappa shape index (κ3) is 4.62. The Bertz CT molecular complexity index is 421. The van der Waals surface area contributed by atoms with Gasteiger partial charge in [0.1, 0.15) is 0 Å². The van der Waals surface area contributed by atoms with Crippen molar-refractivity contribution < 1.29 is 4.79 Å². The fourth-order valence-corrected chi connectivity index (χ4v) is 2.67. The number of nitrogens with one attached hydrogen (secondary N) is 1. The van der Waals surface area contributed by atoms with Crippen molar-refractivity contribution in [3.05, 3.63) is 35.9 Å². The number of nitrogens with zero attached hydrogens (tertiary/aromatic N) is 1. The third-order valence-electron chi connectivity index (χ3n) is 3.98. The number of nitrogens with two attached hydrogens (primary N) is 1. The molecule has 1 aromatic carbocycles. The molecular formula is C16H25N3O. The van der Waals surface area contributed by atoms with Crippen LogP contribution in [0.15, 0.2) is 30.3 Å². The molecule has 1 aliphatic heterocycles. The minimum absolute atomic E-state index is 0.0181. The van der Waals surface area contributed by atoms with E-state index in [0.29, 0.717) is 12.3 Å². The summed E-state index contributed by atoms with van der Waals surface area (Å²) in [6.45, 7) is 2.95. The summed E-state index contributed by atoms with van der Waals surface area (Å²) in [5.41, 5.74) is 7.18. The van der Waals surface area contributed by atoms with E-state index in [1.807, 2.05) is 18.2 Å². The first-order valence-corrected chi connectivity index (χ1v) is 7.41. The zero-order valence-electron chi connectivity index (χ0n) is 12.2. The number of aryl methyl sites for hydroxylation is 1. The summed E-state index contributed by atoms with van der Waals surface area (Å²) in [4.78, 5) is 14.3. The molecule has 0 spiro atoms. The van der Waals surface area contributed by atoms with Gasteiger partial charge in [0.25, 0.3) is 0 Å². The molecule has 1 amide bonds. The normalized spacial score (nSPS) is 20.8. The van der Waals surface area contributed by atoms with Gasteiger partial charge in [0.15, 0.2) is 0 Å². The molecule has 0 bridgehead atoms. The van der Waals surface area contributed by atoms with Crippen LogP contribution in [0.5, 0.6) is 0 Å². The van der Waals surface area contributed by atoms with E-state index in [9.17, 15) is 4.79 Å². The Hall–Kier alpha value is -1.39. The zero-order valence-corrected chi connectivity index (χ0v) is 12.2. The van der Waals surface area contributed by atoms with E-state index in [1.165, 1.54) is 5.56 Å². The van der Waals surface area contributed by atoms with Crippen molar-refractivity contribution in [1.82, 2.24) is 10.2 Å². The highest BCUT2D eigenvalue weighted by molar-refractivity contribution is 5.81. The van der Waals surface area contributed by atoms with Crippen molar-refractivity contribution in [2.75, 3.05) is 26.7 Å². The summed E-state index contributed by atoms with van der Waals surface area (Å²) in [7, 11) is 2.12. The van der Waals surface area contributed by atoms with Gasteiger partial charge in [0.2, 0.25) is 5.91 Å². The zero-order chi connectivity index (χ0) is 14.4. The maximum atomic E-state index is 12.0. The van der Waals surface area contributed by atoms with Crippen LogP contribution in [-0.4, -0.2) is 43.5 Å². The molecule has 20 heavy (non-hydrogen) atoms. The summed E-state index contributed by atoms with van der Waals surface area (Å²) in [6.07, 6.45) is 2.71. The van der Waals surface area contributed by atoms with Gasteiger partial charge in [-0.15, -0.1) is 0 Å². The maximum Gasteiger partial charge on any atom is 0.236 e. The van der Waals surface area contributed by atoms with Gasteiger partial charge in [-0.2, -0.15) is 0 Å². The van der Waals surface area contributed by atoms with E-state index in [-0.39, 0.29) is 5.91 Å². The minimum atomic E-state index is -0.408. The second-order valence-corrected chi connectivity index (χ2v) is 5.79. The van der Waals surface area contributed by atoms with Crippen LogP contribution in [0, 0.1) is 5.92 Å². The number of carbonyl (C=O) groups excluding carboxylic acids is 1. The highest BCUT2D eigenvalue weighted by Gasteiger charge is 2.21. The fraction of sp³-hybridized carbons (Fsp3) is 0.562. The standard InChI is InChI=1S/C16H25N3O/c1-19-10-9-14(12-19)11-18-16(20)15(17)8-7-13-5-3-2-4-6-13/h2-6,14-15H,7-12,17H2,1H3,(H,18,20)/t14?,15-/m0/s1. The summed E-state index contributed by atoms with van der Waals surface area (Å²) >= 11 is 0. The summed E-state index contributed by atoms with van der Waals surface area (Å²) in [5, 5.41) is 2.99. The summed E-state index contributed by atoms with van der Waals surface area (Å²) < 4.78 is 0. The molecule has 0 aromatic heterocycles. The van der Waals surface area contributed by atoms with Crippen molar-refractivity contribution in [3.8, 4) is 0 Å². The lowest BCUT2D eigenvalue weighted by Gasteiger charge is -2.15. The Morgan fingerprint density at radius 3 is 2.85 bits per heavy atom.